The second kappa shape index (κ2) is 7.43. The number of hydrogen-bond acceptors (Lipinski definition) is 4. The van der Waals surface area contributed by atoms with Crippen LogP contribution in [0.5, 0.6) is 0 Å². The minimum Gasteiger partial charge on any atom is -0.444 e. The maximum atomic E-state index is 12.6. The zero-order valence-corrected chi connectivity index (χ0v) is 14.4. The molecule has 0 aliphatic carbocycles. The molecule has 1 fully saturated rings. The molecule has 4 nitrogen and oxygen atoms in total. The van der Waals surface area contributed by atoms with E-state index in [1.807, 2.05) is 35.2 Å². The first-order valence-electron chi connectivity index (χ1n) is 7.59. The second-order valence-electron chi connectivity index (χ2n) is 5.31. The Morgan fingerprint density at radius 3 is 2.83 bits per heavy atom. The van der Waals surface area contributed by atoms with Crippen LogP contribution in [-0.2, 0) is 4.74 Å². The molecule has 0 saturated carbocycles. The molecular formula is C17H18ClNO3S. The second-order valence-corrected chi connectivity index (χ2v) is 6.82. The molecule has 0 radical (unpaired) electrons. The predicted molar refractivity (Wildman–Crippen MR) is 90.2 cm³/mol. The van der Waals surface area contributed by atoms with E-state index in [9.17, 15) is 4.79 Å². The summed E-state index contributed by atoms with van der Waals surface area (Å²) in [4.78, 5) is 15.5. The van der Waals surface area contributed by atoms with Gasteiger partial charge in [0.1, 0.15) is 0 Å². The van der Waals surface area contributed by atoms with Crippen molar-refractivity contribution < 1.29 is 13.9 Å². The molecule has 1 atom stereocenters. The number of furan rings is 1. The molecule has 0 unspecified atom stereocenters. The third-order valence-electron chi connectivity index (χ3n) is 3.78. The van der Waals surface area contributed by atoms with Gasteiger partial charge < -0.3 is 14.1 Å². The summed E-state index contributed by atoms with van der Waals surface area (Å²) in [6, 6.07) is 11.2. The molecule has 1 aromatic heterocycles. The Morgan fingerprint density at radius 2 is 2.09 bits per heavy atom. The van der Waals surface area contributed by atoms with Crippen molar-refractivity contribution in [2.75, 3.05) is 19.8 Å². The Kier molecular flexibility index (Phi) is 5.30. The van der Waals surface area contributed by atoms with E-state index in [4.69, 9.17) is 20.8 Å². The lowest BCUT2D eigenvalue weighted by Crippen LogP contribution is -2.48. The van der Waals surface area contributed by atoms with Gasteiger partial charge in [0.2, 0.25) is 0 Å². The molecular weight excluding hydrogens is 334 g/mol. The van der Waals surface area contributed by atoms with Crippen LogP contribution in [0.3, 0.4) is 0 Å². The molecule has 1 aromatic carbocycles. The molecule has 122 valence electrons. The van der Waals surface area contributed by atoms with E-state index in [1.165, 1.54) is 11.8 Å². The van der Waals surface area contributed by atoms with Crippen LogP contribution in [0.15, 0.2) is 50.8 Å². The number of carbonyl (C=O) groups is 1. The molecule has 3 rings (SSSR count). The van der Waals surface area contributed by atoms with Gasteiger partial charge in [-0.15, -0.1) is 0 Å². The highest BCUT2D eigenvalue weighted by molar-refractivity contribution is 7.99. The number of rotatable bonds is 4. The molecule has 1 aliphatic heterocycles. The van der Waals surface area contributed by atoms with Crippen molar-refractivity contribution in [2.24, 2.45) is 0 Å². The lowest BCUT2D eigenvalue weighted by Gasteiger charge is -2.34. The van der Waals surface area contributed by atoms with E-state index >= 15 is 0 Å². The maximum Gasteiger partial charge on any atom is 0.290 e. The maximum absolute atomic E-state index is 12.6. The Morgan fingerprint density at radius 1 is 1.30 bits per heavy atom. The number of hydrogen-bond donors (Lipinski definition) is 0. The van der Waals surface area contributed by atoms with Crippen LogP contribution in [-0.4, -0.2) is 36.6 Å². The largest absolute Gasteiger partial charge is 0.444 e. The van der Waals surface area contributed by atoms with Crippen LogP contribution < -0.4 is 0 Å². The summed E-state index contributed by atoms with van der Waals surface area (Å²) in [5.74, 6) is 0.310. The summed E-state index contributed by atoms with van der Waals surface area (Å²) in [7, 11) is 0. The van der Waals surface area contributed by atoms with E-state index < -0.39 is 0 Å². The summed E-state index contributed by atoms with van der Waals surface area (Å²) in [6.07, 6.45) is 0.874. The van der Waals surface area contributed by atoms with E-state index in [2.05, 4.69) is 6.92 Å². The van der Waals surface area contributed by atoms with E-state index in [0.717, 1.165) is 11.3 Å². The topological polar surface area (TPSA) is 42.7 Å². The third kappa shape index (κ3) is 3.91. The first-order chi connectivity index (χ1) is 11.2. The Bertz CT molecular complexity index is 671. The van der Waals surface area contributed by atoms with Crippen LogP contribution in [0.25, 0.3) is 0 Å². The minimum absolute atomic E-state index is 0.0666. The summed E-state index contributed by atoms with van der Waals surface area (Å²) in [5.41, 5.74) is 0. The third-order valence-corrected chi connectivity index (χ3v) is 4.96. The molecule has 1 aliphatic rings. The number of halogens is 1. The van der Waals surface area contributed by atoms with Gasteiger partial charge in [-0.05, 0) is 42.8 Å². The monoisotopic (exact) mass is 351 g/mol. The van der Waals surface area contributed by atoms with Gasteiger partial charge in [-0.3, -0.25) is 4.79 Å². The number of benzene rings is 1. The quantitative estimate of drug-likeness (QED) is 0.822. The van der Waals surface area contributed by atoms with Gasteiger partial charge in [0.25, 0.3) is 5.91 Å². The lowest BCUT2D eigenvalue weighted by molar-refractivity contribution is -0.00455. The molecule has 0 N–H and O–H groups in total. The SMILES string of the molecule is CC[C@H]1COCCN1C(=O)c1ccc(Sc2ccc(Cl)cc2)o1. The van der Waals surface area contributed by atoms with Crippen molar-refractivity contribution in [1.82, 2.24) is 4.90 Å². The molecule has 2 aromatic rings. The van der Waals surface area contributed by atoms with Gasteiger partial charge in [0.15, 0.2) is 10.9 Å². The molecule has 2 heterocycles. The van der Waals surface area contributed by atoms with Crippen molar-refractivity contribution in [3.63, 3.8) is 0 Å². The number of nitrogens with zero attached hydrogens (tertiary/aromatic N) is 1. The van der Waals surface area contributed by atoms with Crippen molar-refractivity contribution in [2.45, 2.75) is 29.4 Å². The molecule has 0 bridgehead atoms. The zero-order valence-electron chi connectivity index (χ0n) is 12.8. The predicted octanol–water partition coefficient (Wildman–Crippen LogP) is 4.34. The first kappa shape index (κ1) is 16.4. The molecule has 1 amide bonds. The van der Waals surface area contributed by atoms with Crippen molar-refractivity contribution >= 4 is 29.3 Å². The van der Waals surface area contributed by atoms with Crippen LogP contribution in [0.1, 0.15) is 23.9 Å². The van der Waals surface area contributed by atoms with Crippen molar-refractivity contribution in [3.8, 4) is 0 Å². The summed E-state index contributed by atoms with van der Waals surface area (Å²) < 4.78 is 11.2. The smallest absolute Gasteiger partial charge is 0.290 e. The van der Waals surface area contributed by atoms with E-state index in [0.29, 0.717) is 35.6 Å². The van der Waals surface area contributed by atoms with Crippen LogP contribution in [0, 0.1) is 0 Å². The number of morpholine rings is 1. The fourth-order valence-electron chi connectivity index (χ4n) is 2.51. The van der Waals surface area contributed by atoms with Gasteiger partial charge in [-0.2, -0.15) is 0 Å². The van der Waals surface area contributed by atoms with Gasteiger partial charge >= 0.3 is 0 Å². The average molecular weight is 352 g/mol. The first-order valence-corrected chi connectivity index (χ1v) is 8.79. The highest BCUT2D eigenvalue weighted by atomic mass is 35.5. The fraction of sp³-hybridized carbons (Fsp3) is 0.353. The van der Waals surface area contributed by atoms with Gasteiger partial charge in [0, 0.05) is 16.5 Å². The number of ether oxygens (including phenoxy) is 1. The highest BCUT2D eigenvalue weighted by Crippen LogP contribution is 2.30. The standard InChI is InChI=1S/C17H18ClNO3S/c1-2-13-11-21-10-9-19(13)17(20)15-7-8-16(22-15)23-14-5-3-12(18)4-6-14/h3-8,13H,2,9-11H2,1H3/t13-/m0/s1. The zero-order chi connectivity index (χ0) is 16.2. The molecule has 0 spiro atoms. The van der Waals surface area contributed by atoms with Gasteiger partial charge in [0.05, 0.1) is 19.3 Å². The van der Waals surface area contributed by atoms with Crippen LogP contribution in [0.4, 0.5) is 0 Å². The lowest BCUT2D eigenvalue weighted by atomic mass is 10.1. The number of amides is 1. The minimum atomic E-state index is -0.0666. The summed E-state index contributed by atoms with van der Waals surface area (Å²) >= 11 is 7.35. The van der Waals surface area contributed by atoms with Crippen LogP contribution >= 0.6 is 23.4 Å². The normalized spacial score (nSPS) is 18.2. The van der Waals surface area contributed by atoms with Crippen molar-refractivity contribution in [1.29, 1.82) is 0 Å². The fourth-order valence-corrected chi connectivity index (χ4v) is 3.41. The molecule has 23 heavy (non-hydrogen) atoms. The molecule has 6 heteroatoms. The average Bonchev–Trinajstić information content (AvgIpc) is 3.05. The Balaban J connectivity index is 1.70. The highest BCUT2D eigenvalue weighted by Gasteiger charge is 2.28. The Labute approximate surface area is 144 Å². The number of carbonyl (C=O) groups excluding carboxylic acids is 1. The van der Waals surface area contributed by atoms with Crippen LogP contribution in [0.2, 0.25) is 5.02 Å². The van der Waals surface area contributed by atoms with E-state index in [1.54, 1.807) is 6.07 Å². The summed E-state index contributed by atoms with van der Waals surface area (Å²) in [5, 5.41) is 1.39. The molecule has 1 saturated heterocycles. The summed E-state index contributed by atoms with van der Waals surface area (Å²) in [6.45, 7) is 3.84. The van der Waals surface area contributed by atoms with E-state index in [-0.39, 0.29) is 11.9 Å². The Hall–Kier alpha value is -1.43. The van der Waals surface area contributed by atoms with Crippen molar-refractivity contribution in [3.05, 3.63) is 47.2 Å². The van der Waals surface area contributed by atoms with Gasteiger partial charge in [-0.25, -0.2) is 0 Å². The van der Waals surface area contributed by atoms with Gasteiger partial charge in [-0.1, -0.05) is 30.3 Å².